The first kappa shape index (κ1) is 21.3. The van der Waals surface area contributed by atoms with Gasteiger partial charge in [-0.15, -0.1) is 12.4 Å². The molecule has 0 heterocycles. The fraction of sp³-hybridized carbons (Fsp3) is 0.273. The molecule has 1 nitrogen and oxygen atoms in total. The Hall–Kier alpha value is -2.04. The van der Waals surface area contributed by atoms with E-state index in [0.29, 0.717) is 24.9 Å². The number of hydrogen-bond donors (Lipinski definition) is 1. The van der Waals surface area contributed by atoms with Gasteiger partial charge in [-0.1, -0.05) is 60.7 Å². The van der Waals surface area contributed by atoms with Gasteiger partial charge in [-0.25, -0.2) is 0 Å². The van der Waals surface area contributed by atoms with Crippen LogP contribution in [0.25, 0.3) is 10.8 Å². The van der Waals surface area contributed by atoms with Crippen LogP contribution in [0, 0.1) is 0 Å². The number of nitrogens with one attached hydrogen (secondary N) is 1. The largest absolute Gasteiger partial charge is 0.416 e. The lowest BCUT2D eigenvalue weighted by molar-refractivity contribution is -0.138. The third-order valence-electron chi connectivity index (χ3n) is 4.69. The maximum Gasteiger partial charge on any atom is 0.416 e. The number of fused-ring (bicyclic) bond motifs is 1. The fourth-order valence-corrected chi connectivity index (χ4v) is 3.35. The Morgan fingerprint density at radius 3 is 2.33 bits per heavy atom. The van der Waals surface area contributed by atoms with Crippen molar-refractivity contribution in [1.82, 2.24) is 5.32 Å². The lowest BCUT2D eigenvalue weighted by Gasteiger charge is -2.17. The molecule has 0 spiro atoms. The molecule has 0 bridgehead atoms. The first-order chi connectivity index (χ1) is 12.5. The van der Waals surface area contributed by atoms with Gasteiger partial charge in [-0.2, -0.15) is 13.2 Å². The molecule has 0 aliphatic rings. The van der Waals surface area contributed by atoms with Crippen LogP contribution >= 0.6 is 12.4 Å². The van der Waals surface area contributed by atoms with Gasteiger partial charge >= 0.3 is 6.18 Å². The van der Waals surface area contributed by atoms with Crippen molar-refractivity contribution < 1.29 is 13.2 Å². The normalized spacial score (nSPS) is 12.6. The molecule has 0 aliphatic carbocycles. The number of hydrogen-bond acceptors (Lipinski definition) is 1. The smallest absolute Gasteiger partial charge is 0.310 e. The summed E-state index contributed by atoms with van der Waals surface area (Å²) in [6.07, 6.45) is -3.23. The van der Waals surface area contributed by atoms with E-state index < -0.39 is 11.7 Å². The second-order valence-electron chi connectivity index (χ2n) is 6.50. The standard InChI is InChI=1S/C22H22F3N.ClH/c1-16(19-13-6-10-17-8-2-4-12-20(17)19)26-15-7-11-18-9-3-5-14-21(18)22(23,24)25;/h2-6,8-10,12-14,16,26H,7,11,15H2,1H3;1H/t16-;/m1./s1. The monoisotopic (exact) mass is 393 g/mol. The van der Waals surface area contributed by atoms with Crippen molar-refractivity contribution in [2.24, 2.45) is 0 Å². The molecule has 0 aromatic heterocycles. The van der Waals surface area contributed by atoms with Gasteiger partial charge in [0.25, 0.3) is 0 Å². The van der Waals surface area contributed by atoms with E-state index in [9.17, 15) is 13.2 Å². The number of rotatable bonds is 6. The zero-order valence-corrected chi connectivity index (χ0v) is 15.9. The van der Waals surface area contributed by atoms with Crippen molar-refractivity contribution in [3.8, 4) is 0 Å². The van der Waals surface area contributed by atoms with E-state index in [1.807, 2.05) is 18.2 Å². The van der Waals surface area contributed by atoms with Gasteiger partial charge in [0.15, 0.2) is 0 Å². The third-order valence-corrected chi connectivity index (χ3v) is 4.69. The van der Waals surface area contributed by atoms with E-state index in [2.05, 4.69) is 36.5 Å². The van der Waals surface area contributed by atoms with Gasteiger partial charge in [-0.05, 0) is 54.3 Å². The van der Waals surface area contributed by atoms with E-state index >= 15 is 0 Å². The molecule has 3 rings (SSSR count). The number of alkyl halides is 3. The van der Waals surface area contributed by atoms with Crippen LogP contribution in [-0.4, -0.2) is 6.54 Å². The molecule has 0 aliphatic heterocycles. The van der Waals surface area contributed by atoms with Crippen molar-refractivity contribution in [3.05, 3.63) is 83.4 Å². The molecule has 0 unspecified atom stereocenters. The van der Waals surface area contributed by atoms with Crippen LogP contribution in [-0.2, 0) is 12.6 Å². The summed E-state index contributed by atoms with van der Waals surface area (Å²) in [5.41, 5.74) is 1.04. The average molecular weight is 394 g/mol. The van der Waals surface area contributed by atoms with Crippen LogP contribution in [0.3, 0.4) is 0 Å². The van der Waals surface area contributed by atoms with Crippen LogP contribution in [0.15, 0.2) is 66.7 Å². The van der Waals surface area contributed by atoms with E-state index in [-0.39, 0.29) is 18.4 Å². The molecule has 1 N–H and O–H groups in total. The van der Waals surface area contributed by atoms with Gasteiger partial charge in [0.05, 0.1) is 5.56 Å². The maximum absolute atomic E-state index is 13.0. The highest BCUT2D eigenvalue weighted by molar-refractivity contribution is 5.86. The van der Waals surface area contributed by atoms with Gasteiger partial charge in [0.1, 0.15) is 0 Å². The summed E-state index contributed by atoms with van der Waals surface area (Å²) in [6, 6.07) is 20.4. The molecule has 1 atom stereocenters. The Labute approximate surface area is 164 Å². The zero-order chi connectivity index (χ0) is 18.6. The van der Waals surface area contributed by atoms with Crippen molar-refractivity contribution in [3.63, 3.8) is 0 Å². The molecule has 27 heavy (non-hydrogen) atoms. The summed E-state index contributed by atoms with van der Waals surface area (Å²) in [5, 5.41) is 5.84. The summed E-state index contributed by atoms with van der Waals surface area (Å²) < 4.78 is 39.1. The predicted octanol–water partition coefficient (Wildman–Crippen LogP) is 6.56. The summed E-state index contributed by atoms with van der Waals surface area (Å²) in [5.74, 6) is 0. The van der Waals surface area contributed by atoms with Crippen LogP contribution in [0.4, 0.5) is 13.2 Å². The molecule has 144 valence electrons. The fourth-order valence-electron chi connectivity index (χ4n) is 3.35. The van der Waals surface area contributed by atoms with Crippen molar-refractivity contribution in [2.45, 2.75) is 32.0 Å². The van der Waals surface area contributed by atoms with E-state index in [4.69, 9.17) is 0 Å². The second kappa shape index (κ2) is 9.25. The van der Waals surface area contributed by atoms with E-state index in [1.165, 1.54) is 22.4 Å². The molecule has 3 aromatic rings. The van der Waals surface area contributed by atoms with Gasteiger partial charge in [0.2, 0.25) is 0 Å². The summed E-state index contributed by atoms with van der Waals surface area (Å²) >= 11 is 0. The maximum atomic E-state index is 13.0. The molecule has 0 saturated heterocycles. The SMILES string of the molecule is C[C@@H](NCCCc1ccccc1C(F)(F)F)c1cccc2ccccc12.Cl. The minimum absolute atomic E-state index is 0. The van der Waals surface area contributed by atoms with Crippen LogP contribution in [0.5, 0.6) is 0 Å². The minimum atomic E-state index is -4.29. The minimum Gasteiger partial charge on any atom is -0.310 e. The Kier molecular flexibility index (Phi) is 7.28. The molecule has 0 radical (unpaired) electrons. The first-order valence-electron chi connectivity index (χ1n) is 8.83. The van der Waals surface area contributed by atoms with E-state index in [1.54, 1.807) is 12.1 Å². The van der Waals surface area contributed by atoms with Gasteiger partial charge < -0.3 is 5.32 Å². The molecule has 0 saturated carbocycles. The lowest BCUT2D eigenvalue weighted by atomic mass is 9.99. The summed E-state index contributed by atoms with van der Waals surface area (Å²) in [7, 11) is 0. The number of aryl methyl sites for hydroxylation is 1. The average Bonchev–Trinajstić information content (AvgIpc) is 2.64. The van der Waals surface area contributed by atoms with Gasteiger partial charge in [0, 0.05) is 6.04 Å². The molecular formula is C22H23ClF3N. The number of halogens is 4. The zero-order valence-electron chi connectivity index (χ0n) is 15.1. The van der Waals surface area contributed by atoms with Crippen molar-refractivity contribution in [1.29, 1.82) is 0 Å². The predicted molar refractivity (Wildman–Crippen MR) is 107 cm³/mol. The van der Waals surface area contributed by atoms with Crippen molar-refractivity contribution >= 4 is 23.2 Å². The molecule has 3 aromatic carbocycles. The Bertz CT molecular complexity index is 871. The molecular weight excluding hydrogens is 371 g/mol. The Morgan fingerprint density at radius 2 is 1.56 bits per heavy atom. The highest BCUT2D eigenvalue weighted by Crippen LogP contribution is 2.32. The highest BCUT2D eigenvalue weighted by atomic mass is 35.5. The molecule has 0 amide bonds. The van der Waals surface area contributed by atoms with Crippen LogP contribution in [0.2, 0.25) is 0 Å². The molecule has 5 heteroatoms. The summed E-state index contributed by atoms with van der Waals surface area (Å²) in [4.78, 5) is 0. The Balaban J connectivity index is 0.00000261. The van der Waals surface area contributed by atoms with Crippen LogP contribution < -0.4 is 5.32 Å². The van der Waals surface area contributed by atoms with E-state index in [0.717, 1.165) is 6.07 Å². The second-order valence-corrected chi connectivity index (χ2v) is 6.50. The van der Waals surface area contributed by atoms with Crippen molar-refractivity contribution in [2.75, 3.05) is 6.54 Å². The highest BCUT2D eigenvalue weighted by Gasteiger charge is 2.32. The first-order valence-corrected chi connectivity index (χ1v) is 8.83. The number of benzene rings is 3. The lowest BCUT2D eigenvalue weighted by Crippen LogP contribution is -2.21. The molecule has 0 fully saturated rings. The topological polar surface area (TPSA) is 12.0 Å². The van der Waals surface area contributed by atoms with Gasteiger partial charge in [-0.3, -0.25) is 0 Å². The quantitative estimate of drug-likeness (QED) is 0.467. The van der Waals surface area contributed by atoms with Crippen LogP contribution in [0.1, 0.15) is 36.1 Å². The summed E-state index contributed by atoms with van der Waals surface area (Å²) in [6.45, 7) is 2.75. The Morgan fingerprint density at radius 1 is 0.889 bits per heavy atom. The third kappa shape index (κ3) is 5.24.